The Hall–Kier alpha value is -1.39. The molecule has 1 heterocycles. The van der Waals surface area contributed by atoms with E-state index in [1.165, 1.54) is 10.6 Å². The van der Waals surface area contributed by atoms with Crippen molar-refractivity contribution >= 4 is 11.3 Å². The van der Waals surface area contributed by atoms with Crippen molar-refractivity contribution in [1.82, 2.24) is 10.3 Å². The topological polar surface area (TPSA) is 45.1 Å². The van der Waals surface area contributed by atoms with E-state index in [4.69, 9.17) is 0 Å². The molecule has 0 spiro atoms. The van der Waals surface area contributed by atoms with Crippen molar-refractivity contribution in [3.63, 3.8) is 0 Å². The maximum Gasteiger partial charge on any atom is 0.115 e. The molecule has 0 aliphatic heterocycles. The molecule has 2 rings (SSSR count). The SMILES string of the molecule is CC(Cc1ccc(O)cc1)NCCc1nccs1. The van der Waals surface area contributed by atoms with Gasteiger partial charge in [0.25, 0.3) is 0 Å². The number of aromatic hydroxyl groups is 1. The lowest BCUT2D eigenvalue weighted by atomic mass is 10.1. The molecule has 0 radical (unpaired) electrons. The maximum absolute atomic E-state index is 9.22. The molecule has 0 saturated carbocycles. The number of benzene rings is 1. The Bertz CT molecular complexity index is 453. The maximum atomic E-state index is 9.22. The predicted molar refractivity (Wildman–Crippen MR) is 75.1 cm³/mol. The molecule has 18 heavy (non-hydrogen) atoms. The molecule has 1 aromatic heterocycles. The lowest BCUT2D eigenvalue weighted by Gasteiger charge is -2.13. The van der Waals surface area contributed by atoms with E-state index in [0.717, 1.165) is 19.4 Å². The summed E-state index contributed by atoms with van der Waals surface area (Å²) in [7, 11) is 0. The Balaban J connectivity index is 1.71. The Morgan fingerprint density at radius 1 is 1.33 bits per heavy atom. The quantitative estimate of drug-likeness (QED) is 0.841. The molecule has 3 nitrogen and oxygen atoms in total. The van der Waals surface area contributed by atoms with E-state index in [9.17, 15) is 5.11 Å². The van der Waals surface area contributed by atoms with Crippen LogP contribution in [0.4, 0.5) is 0 Å². The highest BCUT2D eigenvalue weighted by molar-refractivity contribution is 7.09. The summed E-state index contributed by atoms with van der Waals surface area (Å²) in [5.41, 5.74) is 1.24. The molecular formula is C14H18N2OS. The number of thiazole rings is 1. The minimum Gasteiger partial charge on any atom is -0.508 e. The second kappa shape index (κ2) is 6.52. The first-order valence-corrected chi connectivity index (χ1v) is 7.01. The smallest absolute Gasteiger partial charge is 0.115 e. The average molecular weight is 262 g/mol. The summed E-state index contributed by atoms with van der Waals surface area (Å²) in [4.78, 5) is 4.26. The van der Waals surface area contributed by atoms with Gasteiger partial charge in [0.2, 0.25) is 0 Å². The van der Waals surface area contributed by atoms with Gasteiger partial charge in [0.1, 0.15) is 5.75 Å². The van der Waals surface area contributed by atoms with Crippen molar-refractivity contribution < 1.29 is 5.11 Å². The zero-order valence-electron chi connectivity index (χ0n) is 10.5. The molecular weight excluding hydrogens is 244 g/mol. The molecule has 0 bridgehead atoms. The Labute approximate surface area is 112 Å². The number of phenolic OH excluding ortho intramolecular Hbond substituents is 1. The zero-order valence-corrected chi connectivity index (χ0v) is 11.3. The second-order valence-electron chi connectivity index (χ2n) is 4.40. The van der Waals surface area contributed by atoms with Crippen LogP contribution in [0.2, 0.25) is 0 Å². The summed E-state index contributed by atoms with van der Waals surface area (Å²) in [6, 6.07) is 7.83. The molecule has 0 amide bonds. The molecule has 1 atom stereocenters. The van der Waals surface area contributed by atoms with Crippen LogP contribution in [0.1, 0.15) is 17.5 Å². The summed E-state index contributed by atoms with van der Waals surface area (Å²) >= 11 is 1.70. The monoisotopic (exact) mass is 262 g/mol. The zero-order chi connectivity index (χ0) is 12.8. The number of nitrogens with one attached hydrogen (secondary N) is 1. The van der Waals surface area contributed by atoms with Crippen molar-refractivity contribution in [2.45, 2.75) is 25.8 Å². The molecule has 1 unspecified atom stereocenters. The van der Waals surface area contributed by atoms with E-state index in [1.807, 2.05) is 23.7 Å². The number of rotatable bonds is 6. The van der Waals surface area contributed by atoms with Gasteiger partial charge in [0.15, 0.2) is 0 Å². The first-order chi connectivity index (χ1) is 8.74. The standard InChI is InChI=1S/C14H18N2OS/c1-11(10-12-2-4-13(17)5-3-12)15-7-6-14-16-8-9-18-14/h2-5,8-9,11,15,17H,6-7,10H2,1H3. The molecule has 2 aromatic rings. The van der Waals surface area contributed by atoms with E-state index in [0.29, 0.717) is 11.8 Å². The van der Waals surface area contributed by atoms with Gasteiger partial charge in [-0.2, -0.15) is 0 Å². The third-order valence-electron chi connectivity index (χ3n) is 2.79. The minimum absolute atomic E-state index is 0.322. The van der Waals surface area contributed by atoms with Crippen molar-refractivity contribution in [2.24, 2.45) is 0 Å². The van der Waals surface area contributed by atoms with E-state index in [1.54, 1.807) is 23.5 Å². The Morgan fingerprint density at radius 3 is 2.78 bits per heavy atom. The van der Waals surface area contributed by atoms with Gasteiger partial charge < -0.3 is 10.4 Å². The fourth-order valence-electron chi connectivity index (χ4n) is 1.86. The van der Waals surface area contributed by atoms with Crippen LogP contribution in [0, 0.1) is 0 Å². The summed E-state index contributed by atoms with van der Waals surface area (Å²) in [5, 5.41) is 15.9. The van der Waals surface area contributed by atoms with E-state index in [2.05, 4.69) is 17.2 Å². The van der Waals surface area contributed by atoms with Gasteiger partial charge in [-0.1, -0.05) is 12.1 Å². The van der Waals surface area contributed by atoms with Crippen LogP contribution < -0.4 is 5.32 Å². The molecule has 2 N–H and O–H groups in total. The van der Waals surface area contributed by atoms with Crippen LogP contribution in [0.25, 0.3) is 0 Å². The van der Waals surface area contributed by atoms with Gasteiger partial charge >= 0.3 is 0 Å². The number of hydrogen-bond donors (Lipinski definition) is 2. The first-order valence-electron chi connectivity index (χ1n) is 6.13. The summed E-state index contributed by atoms with van der Waals surface area (Å²) in [5.74, 6) is 0.322. The van der Waals surface area contributed by atoms with Gasteiger partial charge in [-0.3, -0.25) is 0 Å². The highest BCUT2D eigenvalue weighted by atomic mass is 32.1. The first kappa shape index (κ1) is 13.1. The molecule has 1 aromatic carbocycles. The number of hydrogen-bond acceptors (Lipinski definition) is 4. The molecule has 0 aliphatic rings. The van der Waals surface area contributed by atoms with Crippen molar-refractivity contribution in [1.29, 1.82) is 0 Å². The third-order valence-corrected chi connectivity index (χ3v) is 3.63. The van der Waals surface area contributed by atoms with Gasteiger partial charge in [0, 0.05) is 30.6 Å². The number of nitrogens with zero attached hydrogens (tertiary/aromatic N) is 1. The van der Waals surface area contributed by atoms with Gasteiger partial charge in [-0.15, -0.1) is 11.3 Å². The van der Waals surface area contributed by atoms with E-state index in [-0.39, 0.29) is 0 Å². The molecule has 4 heteroatoms. The van der Waals surface area contributed by atoms with Crippen molar-refractivity contribution in [3.8, 4) is 5.75 Å². The summed E-state index contributed by atoms with van der Waals surface area (Å²) in [6.45, 7) is 3.13. The highest BCUT2D eigenvalue weighted by Gasteiger charge is 2.03. The van der Waals surface area contributed by atoms with Crippen LogP contribution in [-0.2, 0) is 12.8 Å². The molecule has 96 valence electrons. The predicted octanol–water partition coefficient (Wildman–Crippen LogP) is 2.61. The minimum atomic E-state index is 0.322. The third kappa shape index (κ3) is 4.13. The van der Waals surface area contributed by atoms with Crippen LogP contribution in [0.5, 0.6) is 5.75 Å². The Kier molecular flexibility index (Phi) is 4.73. The fourth-order valence-corrected chi connectivity index (χ4v) is 2.48. The molecule has 0 aliphatic carbocycles. The summed E-state index contributed by atoms with van der Waals surface area (Å²) in [6.07, 6.45) is 3.80. The fraction of sp³-hybridized carbons (Fsp3) is 0.357. The van der Waals surface area contributed by atoms with Crippen molar-refractivity contribution in [2.75, 3.05) is 6.54 Å². The van der Waals surface area contributed by atoms with E-state index < -0.39 is 0 Å². The van der Waals surface area contributed by atoms with Crippen LogP contribution in [-0.4, -0.2) is 22.7 Å². The average Bonchev–Trinajstić information content (AvgIpc) is 2.85. The Morgan fingerprint density at radius 2 is 2.11 bits per heavy atom. The van der Waals surface area contributed by atoms with Gasteiger partial charge in [-0.05, 0) is 31.0 Å². The second-order valence-corrected chi connectivity index (χ2v) is 5.38. The largest absolute Gasteiger partial charge is 0.508 e. The lowest BCUT2D eigenvalue weighted by Crippen LogP contribution is -2.29. The lowest BCUT2D eigenvalue weighted by molar-refractivity contribution is 0.474. The van der Waals surface area contributed by atoms with Crippen LogP contribution in [0.15, 0.2) is 35.8 Å². The van der Waals surface area contributed by atoms with Crippen molar-refractivity contribution in [3.05, 3.63) is 46.4 Å². The molecule has 0 saturated heterocycles. The number of aromatic nitrogens is 1. The molecule has 0 fully saturated rings. The van der Waals surface area contributed by atoms with Crippen LogP contribution >= 0.6 is 11.3 Å². The normalized spacial score (nSPS) is 12.5. The highest BCUT2D eigenvalue weighted by Crippen LogP contribution is 2.11. The van der Waals surface area contributed by atoms with Gasteiger partial charge in [-0.25, -0.2) is 4.98 Å². The van der Waals surface area contributed by atoms with Crippen LogP contribution in [0.3, 0.4) is 0 Å². The van der Waals surface area contributed by atoms with E-state index >= 15 is 0 Å². The summed E-state index contributed by atoms with van der Waals surface area (Å²) < 4.78 is 0. The number of phenols is 1. The van der Waals surface area contributed by atoms with Gasteiger partial charge in [0.05, 0.1) is 5.01 Å².